The third kappa shape index (κ3) is 2.54. The number of carbonyl (C=O) groups excluding carboxylic acids is 1. The van der Waals surface area contributed by atoms with Gasteiger partial charge in [0.2, 0.25) is 0 Å². The number of nitrogen functional groups attached to an aromatic ring is 1. The van der Waals surface area contributed by atoms with E-state index in [0.29, 0.717) is 17.4 Å². The molecule has 0 aliphatic heterocycles. The number of rotatable bonds is 3. The Kier molecular flexibility index (Phi) is 3.46. The number of nitrogens with two attached hydrogens (primary N) is 1. The summed E-state index contributed by atoms with van der Waals surface area (Å²) in [7, 11) is 0. The van der Waals surface area contributed by atoms with Gasteiger partial charge in [-0.25, -0.2) is 0 Å². The standard InChI is InChI=1S/C16H19N3O/c17-13-8-4-3-7-12(13)14-9-10-15(19-14)16(20)18-11-5-1-2-6-11/h3-4,7-11,19H,1-2,5-6,17H2,(H,18,20). The number of aromatic nitrogens is 1. The third-order valence-electron chi connectivity index (χ3n) is 3.87. The molecular formula is C16H19N3O. The van der Waals surface area contributed by atoms with Gasteiger partial charge in [-0.05, 0) is 31.0 Å². The molecule has 1 aromatic carbocycles. The Morgan fingerprint density at radius 3 is 2.65 bits per heavy atom. The predicted molar refractivity (Wildman–Crippen MR) is 80.4 cm³/mol. The van der Waals surface area contributed by atoms with Crippen LogP contribution in [0.1, 0.15) is 36.2 Å². The molecule has 2 aromatic rings. The van der Waals surface area contributed by atoms with Gasteiger partial charge >= 0.3 is 0 Å². The molecule has 1 fully saturated rings. The first-order chi connectivity index (χ1) is 9.74. The maximum absolute atomic E-state index is 12.2. The van der Waals surface area contributed by atoms with E-state index in [1.165, 1.54) is 12.8 Å². The van der Waals surface area contributed by atoms with Crippen molar-refractivity contribution in [1.82, 2.24) is 10.3 Å². The van der Waals surface area contributed by atoms with Crippen molar-refractivity contribution in [2.24, 2.45) is 0 Å². The van der Waals surface area contributed by atoms with Gasteiger partial charge in [-0.3, -0.25) is 4.79 Å². The SMILES string of the molecule is Nc1ccccc1-c1ccc(C(=O)NC2CCCC2)[nH]1. The van der Waals surface area contributed by atoms with Gasteiger partial charge in [-0.2, -0.15) is 0 Å². The highest BCUT2D eigenvalue weighted by Crippen LogP contribution is 2.25. The Hall–Kier alpha value is -2.23. The Morgan fingerprint density at radius 2 is 1.90 bits per heavy atom. The number of nitrogens with one attached hydrogen (secondary N) is 2. The van der Waals surface area contributed by atoms with Gasteiger partial charge < -0.3 is 16.0 Å². The van der Waals surface area contributed by atoms with Crippen molar-refractivity contribution >= 4 is 11.6 Å². The van der Waals surface area contributed by atoms with Crippen molar-refractivity contribution < 1.29 is 4.79 Å². The zero-order valence-corrected chi connectivity index (χ0v) is 11.4. The van der Waals surface area contributed by atoms with Crippen LogP contribution in [0.15, 0.2) is 36.4 Å². The monoisotopic (exact) mass is 269 g/mol. The van der Waals surface area contributed by atoms with Gasteiger partial charge in [0, 0.05) is 23.0 Å². The molecule has 4 heteroatoms. The quantitative estimate of drug-likeness (QED) is 0.750. The van der Waals surface area contributed by atoms with Crippen LogP contribution in [0.3, 0.4) is 0 Å². The first kappa shape index (κ1) is 12.8. The number of amides is 1. The number of hydrogen-bond acceptors (Lipinski definition) is 2. The van der Waals surface area contributed by atoms with Crippen LogP contribution in [0.4, 0.5) is 5.69 Å². The molecule has 1 saturated carbocycles. The number of aromatic amines is 1. The van der Waals surface area contributed by atoms with Crippen LogP contribution < -0.4 is 11.1 Å². The summed E-state index contributed by atoms with van der Waals surface area (Å²) in [5, 5.41) is 3.07. The predicted octanol–water partition coefficient (Wildman–Crippen LogP) is 2.94. The number of hydrogen-bond donors (Lipinski definition) is 3. The van der Waals surface area contributed by atoms with E-state index in [9.17, 15) is 4.79 Å². The minimum absolute atomic E-state index is 0.0300. The number of anilines is 1. The minimum atomic E-state index is -0.0300. The second kappa shape index (κ2) is 5.41. The molecule has 20 heavy (non-hydrogen) atoms. The second-order valence-corrected chi connectivity index (χ2v) is 5.33. The van der Waals surface area contributed by atoms with Crippen molar-refractivity contribution in [3.05, 3.63) is 42.1 Å². The fraction of sp³-hybridized carbons (Fsp3) is 0.312. The van der Waals surface area contributed by atoms with Crippen LogP contribution in [0, 0.1) is 0 Å². The number of carbonyl (C=O) groups is 1. The van der Waals surface area contributed by atoms with Crippen LogP contribution in [0.25, 0.3) is 11.3 Å². The summed E-state index contributed by atoms with van der Waals surface area (Å²) in [5.41, 5.74) is 9.05. The van der Waals surface area contributed by atoms with E-state index in [0.717, 1.165) is 24.1 Å². The van der Waals surface area contributed by atoms with E-state index < -0.39 is 0 Å². The number of para-hydroxylation sites is 1. The van der Waals surface area contributed by atoms with Gasteiger partial charge in [0.25, 0.3) is 5.91 Å². The van der Waals surface area contributed by atoms with Gasteiger partial charge in [-0.1, -0.05) is 31.0 Å². The molecule has 1 heterocycles. The summed E-state index contributed by atoms with van der Waals surface area (Å²) in [4.78, 5) is 15.3. The third-order valence-corrected chi connectivity index (χ3v) is 3.87. The van der Waals surface area contributed by atoms with Gasteiger partial charge in [-0.15, -0.1) is 0 Å². The van der Waals surface area contributed by atoms with Crippen molar-refractivity contribution in [3.63, 3.8) is 0 Å². The van der Waals surface area contributed by atoms with E-state index in [1.807, 2.05) is 36.4 Å². The highest BCUT2D eigenvalue weighted by molar-refractivity contribution is 5.94. The van der Waals surface area contributed by atoms with Crippen LogP contribution in [0.5, 0.6) is 0 Å². The first-order valence-corrected chi connectivity index (χ1v) is 7.09. The lowest BCUT2D eigenvalue weighted by atomic mass is 10.1. The summed E-state index contributed by atoms with van der Waals surface area (Å²) >= 11 is 0. The Balaban J connectivity index is 1.76. The summed E-state index contributed by atoms with van der Waals surface area (Å²) in [6.45, 7) is 0. The zero-order chi connectivity index (χ0) is 13.9. The van der Waals surface area contributed by atoms with Crippen molar-refractivity contribution in [1.29, 1.82) is 0 Å². The molecule has 1 aromatic heterocycles. The molecule has 1 aliphatic rings. The molecule has 0 unspecified atom stereocenters. The molecule has 4 N–H and O–H groups in total. The maximum atomic E-state index is 12.2. The smallest absolute Gasteiger partial charge is 0.267 e. The summed E-state index contributed by atoms with van der Waals surface area (Å²) in [6.07, 6.45) is 4.60. The maximum Gasteiger partial charge on any atom is 0.267 e. The molecule has 0 radical (unpaired) electrons. The molecule has 0 spiro atoms. The fourth-order valence-corrected chi connectivity index (χ4v) is 2.76. The van der Waals surface area contributed by atoms with Gasteiger partial charge in [0.15, 0.2) is 0 Å². The molecule has 0 bridgehead atoms. The minimum Gasteiger partial charge on any atom is -0.398 e. The van der Waals surface area contributed by atoms with Crippen LogP contribution in [-0.2, 0) is 0 Å². The first-order valence-electron chi connectivity index (χ1n) is 7.09. The highest BCUT2D eigenvalue weighted by atomic mass is 16.1. The van der Waals surface area contributed by atoms with E-state index in [4.69, 9.17) is 5.73 Å². The normalized spacial score (nSPS) is 15.4. The Labute approximate surface area is 118 Å². The van der Waals surface area contributed by atoms with E-state index in [1.54, 1.807) is 0 Å². The average Bonchev–Trinajstić information content (AvgIpc) is 3.10. The van der Waals surface area contributed by atoms with Gasteiger partial charge in [0.1, 0.15) is 5.69 Å². The summed E-state index contributed by atoms with van der Waals surface area (Å²) in [6, 6.07) is 11.7. The second-order valence-electron chi connectivity index (χ2n) is 5.33. The van der Waals surface area contributed by atoms with E-state index in [2.05, 4.69) is 10.3 Å². The van der Waals surface area contributed by atoms with Crippen LogP contribution in [-0.4, -0.2) is 16.9 Å². The van der Waals surface area contributed by atoms with Crippen molar-refractivity contribution in [2.45, 2.75) is 31.7 Å². The fourth-order valence-electron chi connectivity index (χ4n) is 2.76. The molecule has 1 aliphatic carbocycles. The van der Waals surface area contributed by atoms with Gasteiger partial charge in [0.05, 0.1) is 0 Å². The molecule has 1 amide bonds. The van der Waals surface area contributed by atoms with Crippen molar-refractivity contribution in [3.8, 4) is 11.3 Å². The molecule has 3 rings (SSSR count). The lowest BCUT2D eigenvalue weighted by Gasteiger charge is -2.10. The van der Waals surface area contributed by atoms with Crippen LogP contribution >= 0.6 is 0 Å². The molecule has 0 saturated heterocycles. The molecule has 0 atom stereocenters. The lowest BCUT2D eigenvalue weighted by molar-refractivity contribution is 0.0933. The summed E-state index contributed by atoms with van der Waals surface area (Å²) in [5.74, 6) is -0.0300. The Morgan fingerprint density at radius 1 is 1.15 bits per heavy atom. The molecule has 104 valence electrons. The number of H-pyrrole nitrogens is 1. The van der Waals surface area contributed by atoms with E-state index >= 15 is 0 Å². The lowest BCUT2D eigenvalue weighted by Crippen LogP contribution is -2.32. The zero-order valence-electron chi connectivity index (χ0n) is 11.4. The topological polar surface area (TPSA) is 70.9 Å². The van der Waals surface area contributed by atoms with Crippen molar-refractivity contribution in [2.75, 3.05) is 5.73 Å². The Bertz CT molecular complexity index is 612. The largest absolute Gasteiger partial charge is 0.398 e. The number of benzene rings is 1. The average molecular weight is 269 g/mol. The molecule has 4 nitrogen and oxygen atoms in total. The highest BCUT2D eigenvalue weighted by Gasteiger charge is 2.18. The van der Waals surface area contributed by atoms with E-state index in [-0.39, 0.29) is 5.91 Å². The van der Waals surface area contributed by atoms with Crippen LogP contribution in [0.2, 0.25) is 0 Å². The molecular weight excluding hydrogens is 250 g/mol. The summed E-state index contributed by atoms with van der Waals surface area (Å²) < 4.78 is 0.